The van der Waals surface area contributed by atoms with Crippen LogP contribution in [0.2, 0.25) is 0 Å². The van der Waals surface area contributed by atoms with Crippen molar-refractivity contribution in [3.05, 3.63) is 70.8 Å². The van der Waals surface area contributed by atoms with Crippen molar-refractivity contribution in [3.8, 4) is 0 Å². The second kappa shape index (κ2) is 6.10. The maximum atomic E-state index is 12.0. The van der Waals surface area contributed by atoms with Crippen LogP contribution in [0.1, 0.15) is 38.3 Å². The van der Waals surface area contributed by atoms with Crippen molar-refractivity contribution >= 4 is 12.1 Å². The van der Waals surface area contributed by atoms with Crippen molar-refractivity contribution in [2.24, 2.45) is 0 Å². The molecule has 2 rings (SSSR count). The van der Waals surface area contributed by atoms with Gasteiger partial charge in [0.1, 0.15) is 6.29 Å². The van der Waals surface area contributed by atoms with Crippen molar-refractivity contribution in [1.82, 2.24) is 0 Å². The van der Waals surface area contributed by atoms with Gasteiger partial charge in [0.2, 0.25) is 0 Å². The zero-order valence-electron chi connectivity index (χ0n) is 10.9. The van der Waals surface area contributed by atoms with Gasteiger partial charge in [0, 0.05) is 17.5 Å². The summed E-state index contributed by atoms with van der Waals surface area (Å²) in [6.45, 7) is 2.05. The van der Waals surface area contributed by atoms with Gasteiger partial charge in [0.25, 0.3) is 0 Å². The minimum atomic E-state index is 0.109. The summed E-state index contributed by atoms with van der Waals surface area (Å²) in [6.07, 6.45) is 2.01. The summed E-state index contributed by atoms with van der Waals surface area (Å²) >= 11 is 0. The van der Waals surface area contributed by atoms with Gasteiger partial charge in [-0.2, -0.15) is 0 Å². The first-order chi connectivity index (χ1) is 9.19. The lowest BCUT2D eigenvalue weighted by Crippen LogP contribution is -2.01. The van der Waals surface area contributed by atoms with Crippen LogP contribution in [-0.4, -0.2) is 12.1 Å². The average Bonchev–Trinajstić information content (AvgIpc) is 2.46. The molecule has 96 valence electrons. The Kier molecular flexibility index (Phi) is 4.24. The second-order valence-corrected chi connectivity index (χ2v) is 4.65. The number of hydrogen-bond donors (Lipinski definition) is 0. The maximum absolute atomic E-state index is 12.0. The molecule has 19 heavy (non-hydrogen) atoms. The van der Waals surface area contributed by atoms with Crippen molar-refractivity contribution < 1.29 is 9.59 Å². The van der Waals surface area contributed by atoms with E-state index in [-0.39, 0.29) is 5.78 Å². The highest BCUT2D eigenvalue weighted by atomic mass is 16.1. The fraction of sp³-hybridized carbons (Fsp3) is 0.176. The predicted molar refractivity (Wildman–Crippen MR) is 75.7 cm³/mol. The van der Waals surface area contributed by atoms with E-state index in [1.807, 2.05) is 6.92 Å². The zero-order valence-corrected chi connectivity index (χ0v) is 10.9. The van der Waals surface area contributed by atoms with Crippen LogP contribution >= 0.6 is 0 Å². The van der Waals surface area contributed by atoms with Crippen LogP contribution in [0, 0.1) is 6.92 Å². The van der Waals surface area contributed by atoms with E-state index in [2.05, 4.69) is 24.3 Å². The third kappa shape index (κ3) is 3.62. The number of aldehydes is 1. The van der Waals surface area contributed by atoms with Crippen LogP contribution in [0.5, 0.6) is 0 Å². The molecule has 2 nitrogen and oxygen atoms in total. The Morgan fingerprint density at radius 1 is 1.00 bits per heavy atom. The molecule has 0 radical (unpaired) electrons. The van der Waals surface area contributed by atoms with Crippen molar-refractivity contribution in [3.63, 3.8) is 0 Å². The highest BCUT2D eigenvalue weighted by molar-refractivity contribution is 5.96. The second-order valence-electron chi connectivity index (χ2n) is 4.65. The molecule has 0 heterocycles. The third-order valence-corrected chi connectivity index (χ3v) is 3.13. The van der Waals surface area contributed by atoms with Gasteiger partial charge >= 0.3 is 0 Å². The highest BCUT2D eigenvalue weighted by Crippen LogP contribution is 2.10. The SMILES string of the molecule is Cc1ccc(CCC(=O)c2ccc(C=O)cc2)cc1. The van der Waals surface area contributed by atoms with E-state index < -0.39 is 0 Å². The van der Waals surface area contributed by atoms with Gasteiger partial charge in [-0.15, -0.1) is 0 Å². The average molecular weight is 252 g/mol. The molecular formula is C17H16O2. The van der Waals surface area contributed by atoms with E-state index in [0.717, 1.165) is 12.7 Å². The molecule has 0 saturated heterocycles. The monoisotopic (exact) mass is 252 g/mol. The molecular weight excluding hydrogens is 236 g/mol. The number of carbonyl (C=O) groups excluding carboxylic acids is 2. The fourth-order valence-electron chi connectivity index (χ4n) is 1.90. The maximum Gasteiger partial charge on any atom is 0.163 e. The molecule has 0 spiro atoms. The fourth-order valence-corrected chi connectivity index (χ4v) is 1.90. The number of hydrogen-bond acceptors (Lipinski definition) is 2. The van der Waals surface area contributed by atoms with E-state index in [1.54, 1.807) is 24.3 Å². The van der Waals surface area contributed by atoms with Gasteiger partial charge in [-0.3, -0.25) is 9.59 Å². The molecule has 0 aromatic heterocycles. The third-order valence-electron chi connectivity index (χ3n) is 3.13. The molecule has 0 atom stereocenters. The highest BCUT2D eigenvalue weighted by Gasteiger charge is 2.06. The Morgan fingerprint density at radius 2 is 1.63 bits per heavy atom. The number of carbonyl (C=O) groups is 2. The minimum absolute atomic E-state index is 0.109. The number of Topliss-reactive ketones (excluding diaryl/α,β-unsaturated/α-hetero) is 1. The topological polar surface area (TPSA) is 34.1 Å². The van der Waals surface area contributed by atoms with Crippen molar-refractivity contribution in [2.45, 2.75) is 19.8 Å². The summed E-state index contributed by atoms with van der Waals surface area (Å²) in [7, 11) is 0. The summed E-state index contributed by atoms with van der Waals surface area (Å²) in [6, 6.07) is 15.0. The molecule has 0 saturated carbocycles. The van der Waals surface area contributed by atoms with Gasteiger partial charge in [-0.1, -0.05) is 54.1 Å². The molecule has 0 aliphatic heterocycles. The van der Waals surface area contributed by atoms with Gasteiger partial charge < -0.3 is 0 Å². The molecule has 2 heteroatoms. The number of rotatable bonds is 5. The molecule has 0 amide bonds. The summed E-state index contributed by atoms with van der Waals surface area (Å²) in [4.78, 5) is 22.5. The quantitative estimate of drug-likeness (QED) is 0.601. The summed E-state index contributed by atoms with van der Waals surface area (Å²) in [5, 5.41) is 0. The first-order valence-electron chi connectivity index (χ1n) is 6.33. The van der Waals surface area contributed by atoms with Crippen LogP contribution in [0.4, 0.5) is 0 Å². The van der Waals surface area contributed by atoms with Crippen LogP contribution in [0.15, 0.2) is 48.5 Å². The Hall–Kier alpha value is -2.22. The molecule has 0 bridgehead atoms. The predicted octanol–water partition coefficient (Wildman–Crippen LogP) is 3.62. The first kappa shape index (κ1) is 13.2. The summed E-state index contributed by atoms with van der Waals surface area (Å²) in [5.74, 6) is 0.109. The summed E-state index contributed by atoms with van der Waals surface area (Å²) in [5.41, 5.74) is 3.65. The Morgan fingerprint density at radius 3 is 2.21 bits per heavy atom. The zero-order chi connectivity index (χ0) is 13.7. The van der Waals surface area contributed by atoms with E-state index in [1.165, 1.54) is 11.1 Å². The minimum Gasteiger partial charge on any atom is -0.298 e. The standard InChI is InChI=1S/C17H16O2/c1-13-2-4-14(5-3-13)8-11-17(19)16-9-6-15(12-18)7-10-16/h2-7,9-10,12H,8,11H2,1H3. The Bertz CT molecular complexity index is 565. The molecule has 2 aromatic carbocycles. The Labute approximate surface area is 113 Å². The van der Waals surface area contributed by atoms with Crippen LogP contribution in [0.25, 0.3) is 0 Å². The largest absolute Gasteiger partial charge is 0.298 e. The first-order valence-corrected chi connectivity index (χ1v) is 6.33. The van der Waals surface area contributed by atoms with Gasteiger partial charge in [0.15, 0.2) is 5.78 Å². The molecule has 0 aliphatic carbocycles. The van der Waals surface area contributed by atoms with E-state index in [9.17, 15) is 9.59 Å². The lowest BCUT2D eigenvalue weighted by atomic mass is 10.0. The Balaban J connectivity index is 1.96. The lowest BCUT2D eigenvalue weighted by molar-refractivity contribution is 0.0982. The normalized spacial score (nSPS) is 10.2. The number of ketones is 1. The van der Waals surface area contributed by atoms with Crippen LogP contribution < -0.4 is 0 Å². The van der Waals surface area contributed by atoms with Gasteiger partial charge in [0.05, 0.1) is 0 Å². The number of benzene rings is 2. The lowest BCUT2D eigenvalue weighted by Gasteiger charge is -2.03. The number of aryl methyl sites for hydroxylation is 2. The van der Waals surface area contributed by atoms with Crippen LogP contribution in [-0.2, 0) is 6.42 Å². The molecule has 0 fully saturated rings. The van der Waals surface area contributed by atoms with E-state index in [4.69, 9.17) is 0 Å². The smallest absolute Gasteiger partial charge is 0.163 e. The molecule has 2 aromatic rings. The molecule has 0 N–H and O–H groups in total. The van der Waals surface area contributed by atoms with E-state index in [0.29, 0.717) is 17.5 Å². The summed E-state index contributed by atoms with van der Waals surface area (Å²) < 4.78 is 0. The van der Waals surface area contributed by atoms with E-state index >= 15 is 0 Å². The van der Waals surface area contributed by atoms with Crippen molar-refractivity contribution in [2.75, 3.05) is 0 Å². The van der Waals surface area contributed by atoms with Crippen LogP contribution in [0.3, 0.4) is 0 Å². The molecule has 0 aliphatic rings. The molecule has 0 unspecified atom stereocenters. The van der Waals surface area contributed by atoms with Gasteiger partial charge in [-0.05, 0) is 18.9 Å². The van der Waals surface area contributed by atoms with Crippen molar-refractivity contribution in [1.29, 1.82) is 0 Å². The van der Waals surface area contributed by atoms with Gasteiger partial charge in [-0.25, -0.2) is 0 Å².